The molecule has 0 atom stereocenters. The van der Waals surface area contributed by atoms with Crippen LogP contribution in [-0.2, 0) is 31.3 Å². The maximum absolute atomic E-state index is 13.4. The summed E-state index contributed by atoms with van der Waals surface area (Å²) < 4.78 is 55.0. The number of amides is 1. The molecule has 1 aliphatic carbocycles. The van der Waals surface area contributed by atoms with Crippen LogP contribution in [0.1, 0.15) is 50.5 Å². The van der Waals surface area contributed by atoms with E-state index in [4.69, 9.17) is 0 Å². The minimum atomic E-state index is -3.79. The van der Waals surface area contributed by atoms with Gasteiger partial charge >= 0.3 is 0 Å². The quantitative estimate of drug-likeness (QED) is 0.505. The number of nitrogens with one attached hydrogen (secondary N) is 1. The van der Waals surface area contributed by atoms with E-state index in [-0.39, 0.29) is 28.3 Å². The van der Waals surface area contributed by atoms with Gasteiger partial charge in [0.1, 0.15) is 0 Å². The van der Waals surface area contributed by atoms with E-state index in [9.17, 15) is 21.6 Å². The molecule has 0 aromatic heterocycles. The fourth-order valence-corrected chi connectivity index (χ4v) is 8.14. The highest BCUT2D eigenvalue weighted by molar-refractivity contribution is 7.89. The lowest BCUT2D eigenvalue weighted by molar-refractivity contribution is -0.121. The average molecular weight is 534 g/mol. The van der Waals surface area contributed by atoms with Crippen LogP contribution in [0, 0.1) is 0 Å². The van der Waals surface area contributed by atoms with Crippen LogP contribution in [0.2, 0.25) is 0 Å². The Kier molecular flexibility index (Phi) is 8.82. The van der Waals surface area contributed by atoms with Gasteiger partial charge in [0, 0.05) is 25.7 Å². The van der Waals surface area contributed by atoms with E-state index in [1.54, 1.807) is 54.6 Å². The number of sulfonamides is 2. The van der Waals surface area contributed by atoms with E-state index in [2.05, 4.69) is 5.32 Å². The summed E-state index contributed by atoms with van der Waals surface area (Å²) in [5, 5.41) is 2.84. The summed E-state index contributed by atoms with van der Waals surface area (Å²) in [7, 11) is -7.24. The zero-order valence-corrected chi connectivity index (χ0v) is 22.1. The number of rotatable bonds is 10. The van der Waals surface area contributed by atoms with Gasteiger partial charge in [-0.15, -0.1) is 0 Å². The fraction of sp³-hybridized carbons (Fsp3) is 0.500. The van der Waals surface area contributed by atoms with Gasteiger partial charge in [0.2, 0.25) is 26.0 Å². The molecular weight excluding hydrogens is 498 g/mol. The van der Waals surface area contributed by atoms with Gasteiger partial charge in [0.15, 0.2) is 0 Å². The average Bonchev–Trinajstić information content (AvgIpc) is 3.45. The van der Waals surface area contributed by atoms with Crippen LogP contribution in [-0.4, -0.2) is 63.6 Å². The Morgan fingerprint density at radius 3 is 2.11 bits per heavy atom. The van der Waals surface area contributed by atoms with Gasteiger partial charge in [-0.3, -0.25) is 4.79 Å². The fourth-order valence-electron chi connectivity index (χ4n) is 4.96. The lowest BCUT2D eigenvalue weighted by atomic mass is 9.95. The van der Waals surface area contributed by atoms with E-state index in [1.165, 1.54) is 8.61 Å². The Bertz CT molecular complexity index is 1220. The van der Waals surface area contributed by atoms with Crippen molar-refractivity contribution in [2.24, 2.45) is 0 Å². The predicted octanol–water partition coefficient (Wildman–Crippen LogP) is 3.15. The minimum absolute atomic E-state index is 0.181. The number of hydrogen-bond acceptors (Lipinski definition) is 5. The standard InChI is InChI=1S/C26H35N3O5S2/c30-26(21-29(23-9-3-1-4-10-23)36(33,34)24-11-5-2-6-12-24)27-18-17-22-13-15-25(16-14-22)35(31,32)28-19-7-8-20-28/h2,5-6,11-16,23H,1,3-4,7-10,17-21H2,(H,27,30). The van der Waals surface area contributed by atoms with E-state index in [0.717, 1.165) is 50.5 Å². The Hall–Kier alpha value is -2.27. The van der Waals surface area contributed by atoms with Gasteiger partial charge in [0.05, 0.1) is 16.3 Å². The molecule has 8 nitrogen and oxygen atoms in total. The van der Waals surface area contributed by atoms with Crippen molar-refractivity contribution in [3.8, 4) is 0 Å². The molecule has 2 fully saturated rings. The molecule has 36 heavy (non-hydrogen) atoms. The maximum Gasteiger partial charge on any atom is 0.243 e. The summed E-state index contributed by atoms with van der Waals surface area (Å²) in [6.45, 7) is 1.25. The molecule has 1 N–H and O–H groups in total. The van der Waals surface area contributed by atoms with Crippen LogP contribution in [0.4, 0.5) is 0 Å². The normalized spacial score (nSPS) is 17.9. The summed E-state index contributed by atoms with van der Waals surface area (Å²) in [5.41, 5.74) is 0.900. The molecule has 1 saturated carbocycles. The van der Waals surface area contributed by atoms with Crippen LogP contribution in [0.25, 0.3) is 0 Å². The van der Waals surface area contributed by atoms with Crippen LogP contribution >= 0.6 is 0 Å². The number of benzene rings is 2. The third kappa shape index (κ3) is 6.34. The first-order valence-corrected chi connectivity index (χ1v) is 15.6. The van der Waals surface area contributed by atoms with Crippen molar-refractivity contribution in [3.05, 3.63) is 60.2 Å². The second kappa shape index (κ2) is 11.9. The van der Waals surface area contributed by atoms with Crippen molar-refractivity contribution in [1.82, 2.24) is 13.9 Å². The second-order valence-corrected chi connectivity index (χ2v) is 13.3. The lowest BCUT2D eigenvalue weighted by Crippen LogP contribution is -2.47. The Morgan fingerprint density at radius 2 is 1.47 bits per heavy atom. The monoisotopic (exact) mass is 533 g/mol. The van der Waals surface area contributed by atoms with Gasteiger partial charge < -0.3 is 5.32 Å². The van der Waals surface area contributed by atoms with Gasteiger partial charge in [-0.05, 0) is 61.9 Å². The molecule has 196 valence electrons. The number of carbonyl (C=O) groups excluding carboxylic acids is 1. The molecule has 0 unspecified atom stereocenters. The number of hydrogen-bond donors (Lipinski definition) is 1. The molecule has 2 aromatic carbocycles. The van der Waals surface area contributed by atoms with E-state index in [1.807, 2.05) is 0 Å². The predicted molar refractivity (Wildman–Crippen MR) is 138 cm³/mol. The summed E-state index contributed by atoms with van der Waals surface area (Å²) in [5.74, 6) is -0.340. The summed E-state index contributed by atoms with van der Waals surface area (Å²) in [6.07, 6.45) is 6.81. The minimum Gasteiger partial charge on any atom is -0.355 e. The van der Waals surface area contributed by atoms with Gasteiger partial charge in [0.25, 0.3) is 0 Å². The van der Waals surface area contributed by atoms with Gasteiger partial charge in [-0.25, -0.2) is 16.8 Å². The van der Waals surface area contributed by atoms with Crippen molar-refractivity contribution >= 4 is 26.0 Å². The first kappa shape index (κ1) is 26.8. The lowest BCUT2D eigenvalue weighted by Gasteiger charge is -2.33. The van der Waals surface area contributed by atoms with E-state index < -0.39 is 20.0 Å². The first-order valence-electron chi connectivity index (χ1n) is 12.7. The molecule has 0 spiro atoms. The largest absolute Gasteiger partial charge is 0.355 e. The van der Waals surface area contributed by atoms with E-state index >= 15 is 0 Å². The van der Waals surface area contributed by atoms with Crippen LogP contribution in [0.5, 0.6) is 0 Å². The van der Waals surface area contributed by atoms with Crippen molar-refractivity contribution in [1.29, 1.82) is 0 Å². The highest BCUT2D eigenvalue weighted by Gasteiger charge is 2.34. The van der Waals surface area contributed by atoms with Crippen LogP contribution in [0.3, 0.4) is 0 Å². The topological polar surface area (TPSA) is 104 Å². The number of nitrogens with zero attached hydrogens (tertiary/aromatic N) is 2. The van der Waals surface area contributed by atoms with Crippen molar-refractivity contribution < 1.29 is 21.6 Å². The van der Waals surface area contributed by atoms with E-state index in [0.29, 0.717) is 26.1 Å². The molecule has 1 saturated heterocycles. The highest BCUT2D eigenvalue weighted by atomic mass is 32.2. The molecular formula is C26H35N3O5S2. The third-order valence-electron chi connectivity index (χ3n) is 6.99. The van der Waals surface area contributed by atoms with Crippen LogP contribution in [0.15, 0.2) is 64.4 Å². The maximum atomic E-state index is 13.4. The van der Waals surface area contributed by atoms with Gasteiger partial charge in [-0.2, -0.15) is 8.61 Å². The molecule has 10 heteroatoms. The zero-order valence-electron chi connectivity index (χ0n) is 20.5. The Balaban J connectivity index is 1.35. The molecule has 2 aliphatic rings. The highest BCUT2D eigenvalue weighted by Crippen LogP contribution is 2.27. The van der Waals surface area contributed by atoms with Gasteiger partial charge in [-0.1, -0.05) is 49.6 Å². The molecule has 1 amide bonds. The van der Waals surface area contributed by atoms with Crippen LogP contribution < -0.4 is 5.32 Å². The molecule has 4 rings (SSSR count). The van der Waals surface area contributed by atoms with Crippen molar-refractivity contribution in [2.45, 2.75) is 67.2 Å². The molecule has 1 heterocycles. The first-order chi connectivity index (χ1) is 17.3. The van der Waals surface area contributed by atoms with Crippen molar-refractivity contribution in [2.75, 3.05) is 26.2 Å². The third-order valence-corrected chi connectivity index (χ3v) is 10.8. The second-order valence-electron chi connectivity index (χ2n) is 9.51. The Labute approximate surface area is 214 Å². The summed E-state index contributed by atoms with van der Waals surface area (Å²) >= 11 is 0. The van der Waals surface area contributed by atoms with Crippen molar-refractivity contribution in [3.63, 3.8) is 0 Å². The molecule has 0 radical (unpaired) electrons. The SMILES string of the molecule is O=C(CN(C1CCCCC1)S(=O)(=O)c1ccccc1)NCCc1ccc(S(=O)(=O)N2CCCC2)cc1. The zero-order chi connectivity index (χ0) is 25.6. The number of carbonyl (C=O) groups is 1. The smallest absolute Gasteiger partial charge is 0.243 e. The Morgan fingerprint density at radius 1 is 0.833 bits per heavy atom. The molecule has 2 aromatic rings. The molecule has 1 aliphatic heterocycles. The summed E-state index contributed by atoms with van der Waals surface area (Å²) in [6, 6.07) is 14.9. The molecule has 0 bridgehead atoms. The summed E-state index contributed by atoms with van der Waals surface area (Å²) in [4.78, 5) is 13.3.